The number of esters is 1. The van der Waals surface area contributed by atoms with Crippen molar-refractivity contribution in [3.63, 3.8) is 0 Å². The van der Waals surface area contributed by atoms with E-state index in [9.17, 15) is 4.79 Å². The summed E-state index contributed by atoms with van der Waals surface area (Å²) in [6.45, 7) is 15.6. The average Bonchev–Trinajstić information content (AvgIpc) is 2.65. The fraction of sp³-hybridized carbons (Fsp3) is 0.632. The second-order valence-electron chi connectivity index (χ2n) is 8.51. The van der Waals surface area contributed by atoms with Gasteiger partial charge in [0.15, 0.2) is 0 Å². The molecule has 0 bridgehead atoms. The minimum absolute atomic E-state index is 0.228. The zero-order chi connectivity index (χ0) is 18.3. The third kappa shape index (κ3) is 4.01. The van der Waals surface area contributed by atoms with Crippen LogP contribution in [-0.2, 0) is 18.8 Å². The summed E-state index contributed by atoms with van der Waals surface area (Å²) in [5.41, 5.74) is 0.557. The van der Waals surface area contributed by atoms with E-state index in [-0.39, 0.29) is 23.1 Å². The zero-order valence-corrected chi connectivity index (χ0v) is 16.1. The van der Waals surface area contributed by atoms with Crippen LogP contribution in [0.5, 0.6) is 0 Å². The number of hydrogen-bond donors (Lipinski definition) is 0. The van der Waals surface area contributed by atoms with Crippen molar-refractivity contribution < 1.29 is 18.8 Å². The van der Waals surface area contributed by atoms with Gasteiger partial charge in [-0.3, -0.25) is 4.79 Å². The van der Waals surface area contributed by atoms with Gasteiger partial charge in [-0.1, -0.05) is 24.3 Å². The van der Waals surface area contributed by atoms with Gasteiger partial charge in [-0.2, -0.15) is 0 Å². The van der Waals surface area contributed by atoms with Crippen LogP contribution in [0.1, 0.15) is 66.9 Å². The molecule has 132 valence electrons. The Balaban J connectivity index is 2.20. The Morgan fingerprint density at radius 3 is 2.17 bits per heavy atom. The molecule has 1 aliphatic rings. The SMILES string of the molecule is CC(C(=O)OC(C)(C)C)c1cccc(B2OC(C)(C)C(C)(C)O2)c1. The number of hydrogen-bond acceptors (Lipinski definition) is 4. The van der Waals surface area contributed by atoms with Gasteiger partial charge in [0.25, 0.3) is 0 Å². The highest BCUT2D eigenvalue weighted by Crippen LogP contribution is 2.36. The predicted molar refractivity (Wildman–Crippen MR) is 96.4 cm³/mol. The van der Waals surface area contributed by atoms with Crippen molar-refractivity contribution in [2.75, 3.05) is 0 Å². The van der Waals surface area contributed by atoms with Crippen LogP contribution in [0.4, 0.5) is 0 Å². The number of carbonyl (C=O) groups excluding carboxylic acids is 1. The van der Waals surface area contributed by atoms with E-state index in [4.69, 9.17) is 14.0 Å². The monoisotopic (exact) mass is 332 g/mol. The first-order valence-corrected chi connectivity index (χ1v) is 8.51. The Bertz CT molecular complexity index is 600. The summed E-state index contributed by atoms with van der Waals surface area (Å²) in [5, 5.41) is 0. The molecule has 2 rings (SSSR count). The lowest BCUT2D eigenvalue weighted by molar-refractivity contribution is -0.156. The molecule has 1 unspecified atom stereocenters. The van der Waals surface area contributed by atoms with E-state index in [1.807, 2.05) is 79.7 Å². The molecular weight excluding hydrogens is 303 g/mol. The standard InChI is InChI=1S/C19H29BO4/c1-13(16(21)22-17(2,3)4)14-10-9-11-15(12-14)20-23-18(5,6)19(7,8)24-20/h9-13H,1-8H3. The molecule has 0 spiro atoms. The van der Waals surface area contributed by atoms with Crippen LogP contribution >= 0.6 is 0 Å². The lowest BCUT2D eigenvalue weighted by atomic mass is 9.77. The Morgan fingerprint density at radius 2 is 1.67 bits per heavy atom. The molecule has 1 saturated heterocycles. The Morgan fingerprint density at radius 1 is 1.12 bits per heavy atom. The maximum absolute atomic E-state index is 12.3. The van der Waals surface area contributed by atoms with Crippen LogP contribution in [0, 0.1) is 0 Å². The second-order valence-corrected chi connectivity index (χ2v) is 8.51. The van der Waals surface area contributed by atoms with E-state index in [2.05, 4.69) is 0 Å². The largest absolute Gasteiger partial charge is 0.494 e. The number of rotatable bonds is 3. The molecule has 0 aromatic heterocycles. The summed E-state index contributed by atoms with van der Waals surface area (Å²) in [6.07, 6.45) is 0. The number of carbonyl (C=O) groups is 1. The number of ether oxygens (including phenoxy) is 1. The minimum atomic E-state index is -0.491. The topological polar surface area (TPSA) is 44.8 Å². The van der Waals surface area contributed by atoms with Gasteiger partial charge in [0, 0.05) is 0 Å². The van der Waals surface area contributed by atoms with E-state index in [1.54, 1.807) is 0 Å². The molecule has 0 amide bonds. The molecule has 1 atom stereocenters. The van der Waals surface area contributed by atoms with E-state index < -0.39 is 12.7 Å². The van der Waals surface area contributed by atoms with E-state index in [0.29, 0.717) is 0 Å². The first kappa shape index (κ1) is 19.0. The molecule has 24 heavy (non-hydrogen) atoms. The van der Waals surface area contributed by atoms with E-state index >= 15 is 0 Å². The van der Waals surface area contributed by atoms with Crippen LogP contribution in [0.15, 0.2) is 24.3 Å². The quantitative estimate of drug-likeness (QED) is 0.628. The van der Waals surface area contributed by atoms with Crippen LogP contribution < -0.4 is 5.46 Å². The van der Waals surface area contributed by atoms with Gasteiger partial charge in [-0.05, 0) is 66.4 Å². The van der Waals surface area contributed by atoms with Crippen molar-refractivity contribution in [1.29, 1.82) is 0 Å². The van der Waals surface area contributed by atoms with Crippen LogP contribution in [0.25, 0.3) is 0 Å². The summed E-state index contributed by atoms with van der Waals surface area (Å²) < 4.78 is 17.7. The maximum Gasteiger partial charge on any atom is 0.494 e. The molecule has 0 saturated carbocycles. The third-order valence-electron chi connectivity index (χ3n) is 4.70. The summed E-state index contributed by atoms with van der Waals surface area (Å²) in [5.74, 6) is -0.569. The molecule has 5 heteroatoms. The van der Waals surface area contributed by atoms with Crippen LogP contribution in [-0.4, -0.2) is 29.9 Å². The molecule has 1 heterocycles. The second kappa shape index (κ2) is 6.19. The fourth-order valence-electron chi connectivity index (χ4n) is 2.48. The normalized spacial score (nSPS) is 20.8. The summed E-state index contributed by atoms with van der Waals surface area (Å²) >= 11 is 0. The maximum atomic E-state index is 12.3. The first-order chi connectivity index (χ1) is 10.8. The van der Waals surface area contributed by atoms with Gasteiger partial charge in [-0.15, -0.1) is 0 Å². The van der Waals surface area contributed by atoms with Gasteiger partial charge in [0.2, 0.25) is 0 Å². The molecule has 0 aliphatic carbocycles. The first-order valence-electron chi connectivity index (χ1n) is 8.51. The molecule has 0 radical (unpaired) electrons. The summed E-state index contributed by atoms with van der Waals surface area (Å²) in [4.78, 5) is 12.3. The molecule has 1 aromatic carbocycles. The average molecular weight is 332 g/mol. The van der Waals surface area contributed by atoms with Crippen LogP contribution in [0.3, 0.4) is 0 Å². The third-order valence-corrected chi connectivity index (χ3v) is 4.70. The predicted octanol–water partition coefficient (Wildman–Crippen LogP) is 3.43. The van der Waals surface area contributed by atoms with Crippen molar-refractivity contribution >= 4 is 18.6 Å². The van der Waals surface area contributed by atoms with Crippen molar-refractivity contribution in [3.8, 4) is 0 Å². The fourth-order valence-corrected chi connectivity index (χ4v) is 2.48. The number of benzene rings is 1. The lowest BCUT2D eigenvalue weighted by Gasteiger charge is -2.32. The molecule has 4 nitrogen and oxygen atoms in total. The minimum Gasteiger partial charge on any atom is -0.460 e. The van der Waals surface area contributed by atoms with Gasteiger partial charge >= 0.3 is 13.1 Å². The molecule has 0 N–H and O–H groups in total. The van der Waals surface area contributed by atoms with Gasteiger partial charge in [0.1, 0.15) is 5.60 Å². The lowest BCUT2D eigenvalue weighted by Crippen LogP contribution is -2.41. The highest BCUT2D eigenvalue weighted by atomic mass is 16.7. The van der Waals surface area contributed by atoms with E-state index in [1.165, 1.54) is 0 Å². The molecule has 1 aromatic rings. The Hall–Kier alpha value is -1.33. The van der Waals surface area contributed by atoms with Crippen molar-refractivity contribution in [3.05, 3.63) is 29.8 Å². The highest BCUT2D eigenvalue weighted by Gasteiger charge is 2.51. The molecule has 1 aliphatic heterocycles. The van der Waals surface area contributed by atoms with Gasteiger partial charge < -0.3 is 14.0 Å². The van der Waals surface area contributed by atoms with E-state index in [0.717, 1.165) is 11.0 Å². The van der Waals surface area contributed by atoms with Gasteiger partial charge in [0.05, 0.1) is 17.1 Å². The summed E-state index contributed by atoms with van der Waals surface area (Å²) in [7, 11) is -0.430. The van der Waals surface area contributed by atoms with Crippen LogP contribution in [0.2, 0.25) is 0 Å². The van der Waals surface area contributed by atoms with Crippen molar-refractivity contribution in [2.24, 2.45) is 0 Å². The Kier molecular flexibility index (Phi) is 4.91. The summed E-state index contributed by atoms with van der Waals surface area (Å²) in [6, 6.07) is 7.80. The zero-order valence-electron chi connectivity index (χ0n) is 16.1. The van der Waals surface area contributed by atoms with Crippen molar-refractivity contribution in [1.82, 2.24) is 0 Å². The Labute approximate surface area is 146 Å². The highest BCUT2D eigenvalue weighted by molar-refractivity contribution is 6.62. The molecular formula is C19H29BO4. The smallest absolute Gasteiger partial charge is 0.460 e. The molecule has 1 fully saturated rings. The van der Waals surface area contributed by atoms with Crippen molar-refractivity contribution in [2.45, 2.75) is 78.1 Å². The van der Waals surface area contributed by atoms with Gasteiger partial charge in [-0.25, -0.2) is 0 Å².